The van der Waals surface area contributed by atoms with E-state index in [2.05, 4.69) is 19.2 Å². The lowest BCUT2D eigenvalue weighted by molar-refractivity contribution is -0.116. The fourth-order valence-electron chi connectivity index (χ4n) is 2.46. The van der Waals surface area contributed by atoms with Gasteiger partial charge in [0.1, 0.15) is 5.75 Å². The maximum Gasteiger partial charge on any atom is 0.224 e. The number of nitrogens with two attached hydrogens (primary N) is 1. The second kappa shape index (κ2) is 8.67. The molecule has 0 aliphatic rings. The molecule has 0 saturated heterocycles. The number of carbonyl (C=O) groups is 1. The van der Waals surface area contributed by atoms with E-state index in [0.29, 0.717) is 30.5 Å². The molecule has 0 aliphatic heterocycles. The average Bonchev–Trinajstić information content (AvgIpc) is 2.45. The van der Waals surface area contributed by atoms with Gasteiger partial charge in [0.2, 0.25) is 5.91 Å². The lowest BCUT2D eigenvalue weighted by Crippen LogP contribution is -2.18. The minimum Gasteiger partial charge on any atom is -0.506 e. The first kappa shape index (κ1) is 17.5. The molecule has 21 heavy (non-hydrogen) atoms. The summed E-state index contributed by atoms with van der Waals surface area (Å²) in [6, 6.07) is 5.31. The van der Waals surface area contributed by atoms with Crippen LogP contribution in [0.1, 0.15) is 45.6 Å². The van der Waals surface area contributed by atoms with Gasteiger partial charge in [0.15, 0.2) is 0 Å². The molecule has 1 amide bonds. The van der Waals surface area contributed by atoms with Crippen molar-refractivity contribution in [3.63, 3.8) is 0 Å². The van der Waals surface area contributed by atoms with E-state index in [4.69, 9.17) is 5.73 Å². The van der Waals surface area contributed by atoms with Gasteiger partial charge in [-0.1, -0.05) is 26.8 Å². The lowest BCUT2D eigenvalue weighted by Gasteiger charge is -2.19. The molecule has 0 aliphatic carbocycles. The van der Waals surface area contributed by atoms with Crippen LogP contribution in [-0.2, 0) is 11.2 Å². The first-order chi connectivity index (χ1) is 9.97. The van der Waals surface area contributed by atoms with Crippen molar-refractivity contribution in [3.05, 3.63) is 23.8 Å². The normalized spacial score (nSPS) is 12.4. The van der Waals surface area contributed by atoms with Crippen LogP contribution in [-0.4, -0.2) is 17.6 Å². The Morgan fingerprint density at radius 2 is 2.05 bits per heavy atom. The Bertz CT molecular complexity index is 458. The number of anilines is 1. The third kappa shape index (κ3) is 5.76. The van der Waals surface area contributed by atoms with Crippen LogP contribution in [0.25, 0.3) is 0 Å². The molecule has 4 heteroatoms. The van der Waals surface area contributed by atoms with Crippen molar-refractivity contribution in [2.75, 3.05) is 11.9 Å². The highest BCUT2D eigenvalue weighted by Gasteiger charge is 2.15. The maximum atomic E-state index is 12.0. The minimum absolute atomic E-state index is 0.0544. The summed E-state index contributed by atoms with van der Waals surface area (Å²) < 4.78 is 0. The number of phenols is 1. The molecule has 0 saturated carbocycles. The van der Waals surface area contributed by atoms with Gasteiger partial charge in [-0.2, -0.15) is 0 Å². The number of aryl methyl sites for hydroxylation is 1. The van der Waals surface area contributed by atoms with Crippen LogP contribution < -0.4 is 11.1 Å². The molecule has 0 fully saturated rings. The largest absolute Gasteiger partial charge is 0.506 e. The Hall–Kier alpha value is -1.55. The van der Waals surface area contributed by atoms with Gasteiger partial charge in [0.25, 0.3) is 0 Å². The third-order valence-electron chi connectivity index (χ3n) is 3.97. The van der Waals surface area contributed by atoms with Crippen molar-refractivity contribution >= 4 is 11.6 Å². The predicted molar refractivity (Wildman–Crippen MR) is 87.3 cm³/mol. The van der Waals surface area contributed by atoms with Crippen molar-refractivity contribution in [1.29, 1.82) is 0 Å². The van der Waals surface area contributed by atoms with E-state index in [9.17, 15) is 9.90 Å². The number of rotatable bonds is 8. The lowest BCUT2D eigenvalue weighted by atomic mass is 9.88. The van der Waals surface area contributed by atoms with Crippen LogP contribution in [0.4, 0.5) is 5.69 Å². The maximum absolute atomic E-state index is 12.0. The van der Waals surface area contributed by atoms with E-state index in [0.717, 1.165) is 24.8 Å². The highest BCUT2D eigenvalue weighted by molar-refractivity contribution is 5.92. The van der Waals surface area contributed by atoms with Crippen molar-refractivity contribution in [1.82, 2.24) is 0 Å². The van der Waals surface area contributed by atoms with Crippen molar-refractivity contribution in [2.24, 2.45) is 17.6 Å². The molecular weight excluding hydrogens is 264 g/mol. The van der Waals surface area contributed by atoms with Crippen LogP contribution in [0.5, 0.6) is 5.75 Å². The SMILES string of the molecule is CCc1ccc(O)c(NC(=O)CCC(CCN)C(C)C)c1. The highest BCUT2D eigenvalue weighted by Crippen LogP contribution is 2.25. The van der Waals surface area contributed by atoms with E-state index >= 15 is 0 Å². The standard InChI is InChI=1S/C17H28N2O2/c1-4-13-5-7-16(20)15(11-13)19-17(21)8-6-14(9-10-18)12(2)3/h5,7,11-12,14,20H,4,6,8-10,18H2,1-3H3,(H,19,21). The summed E-state index contributed by atoms with van der Waals surface area (Å²) in [5.74, 6) is 1.05. The number of benzene rings is 1. The van der Waals surface area contributed by atoms with Gasteiger partial charge in [-0.05, 0) is 55.3 Å². The summed E-state index contributed by atoms with van der Waals surface area (Å²) in [5, 5.41) is 12.6. The number of hydrogen-bond acceptors (Lipinski definition) is 3. The summed E-state index contributed by atoms with van der Waals surface area (Å²) in [5.41, 5.74) is 7.20. The number of hydrogen-bond donors (Lipinski definition) is 3. The van der Waals surface area contributed by atoms with Gasteiger partial charge >= 0.3 is 0 Å². The molecule has 1 atom stereocenters. The quantitative estimate of drug-likeness (QED) is 0.643. The molecule has 1 aromatic carbocycles. The Morgan fingerprint density at radius 3 is 2.62 bits per heavy atom. The summed E-state index contributed by atoms with van der Waals surface area (Å²) in [7, 11) is 0. The van der Waals surface area contributed by atoms with Gasteiger partial charge in [0.05, 0.1) is 5.69 Å². The zero-order valence-electron chi connectivity index (χ0n) is 13.4. The van der Waals surface area contributed by atoms with Crippen LogP contribution in [0.15, 0.2) is 18.2 Å². The van der Waals surface area contributed by atoms with E-state index in [1.807, 2.05) is 19.1 Å². The topological polar surface area (TPSA) is 75.3 Å². The summed E-state index contributed by atoms with van der Waals surface area (Å²) in [4.78, 5) is 12.0. The Labute approximate surface area is 127 Å². The molecule has 0 aromatic heterocycles. The van der Waals surface area contributed by atoms with Crippen molar-refractivity contribution < 1.29 is 9.90 Å². The zero-order chi connectivity index (χ0) is 15.8. The first-order valence-corrected chi connectivity index (χ1v) is 7.79. The minimum atomic E-state index is -0.0544. The molecule has 1 aromatic rings. The molecule has 0 heterocycles. The first-order valence-electron chi connectivity index (χ1n) is 7.79. The predicted octanol–water partition coefficient (Wildman–Crippen LogP) is 3.29. The number of nitrogens with one attached hydrogen (secondary N) is 1. The second-order valence-corrected chi connectivity index (χ2v) is 5.87. The van der Waals surface area contributed by atoms with E-state index < -0.39 is 0 Å². The van der Waals surface area contributed by atoms with Crippen LogP contribution in [0, 0.1) is 11.8 Å². The number of phenolic OH excluding ortho intramolecular Hbond substituents is 1. The highest BCUT2D eigenvalue weighted by atomic mass is 16.3. The monoisotopic (exact) mass is 292 g/mol. The van der Waals surface area contributed by atoms with Gasteiger partial charge in [0, 0.05) is 6.42 Å². The zero-order valence-corrected chi connectivity index (χ0v) is 13.4. The van der Waals surface area contributed by atoms with Gasteiger partial charge in [-0.25, -0.2) is 0 Å². The molecule has 0 radical (unpaired) electrons. The van der Waals surface area contributed by atoms with E-state index in [1.165, 1.54) is 0 Å². The molecule has 0 bridgehead atoms. The fraction of sp³-hybridized carbons (Fsp3) is 0.588. The van der Waals surface area contributed by atoms with Crippen molar-refractivity contribution in [3.8, 4) is 5.75 Å². The summed E-state index contributed by atoms with van der Waals surface area (Å²) >= 11 is 0. The summed E-state index contributed by atoms with van der Waals surface area (Å²) in [6.45, 7) is 7.02. The van der Waals surface area contributed by atoms with Gasteiger partial charge in [-0.3, -0.25) is 4.79 Å². The molecule has 4 nitrogen and oxygen atoms in total. The van der Waals surface area contributed by atoms with Crippen molar-refractivity contribution in [2.45, 2.75) is 46.5 Å². The molecule has 1 rings (SSSR count). The fourth-order valence-corrected chi connectivity index (χ4v) is 2.46. The number of amides is 1. The van der Waals surface area contributed by atoms with Crippen LogP contribution in [0.3, 0.4) is 0 Å². The molecule has 4 N–H and O–H groups in total. The van der Waals surface area contributed by atoms with E-state index in [-0.39, 0.29) is 11.7 Å². The Balaban J connectivity index is 2.57. The van der Waals surface area contributed by atoms with Gasteiger partial charge < -0.3 is 16.2 Å². The molecule has 0 spiro atoms. The Morgan fingerprint density at radius 1 is 1.33 bits per heavy atom. The average molecular weight is 292 g/mol. The Kier molecular flexibility index (Phi) is 7.23. The molecular formula is C17H28N2O2. The number of aromatic hydroxyl groups is 1. The second-order valence-electron chi connectivity index (χ2n) is 5.87. The van der Waals surface area contributed by atoms with Crippen LogP contribution >= 0.6 is 0 Å². The van der Waals surface area contributed by atoms with E-state index in [1.54, 1.807) is 6.07 Å². The third-order valence-corrected chi connectivity index (χ3v) is 3.97. The summed E-state index contributed by atoms with van der Waals surface area (Å²) in [6.07, 6.45) is 3.10. The molecule has 118 valence electrons. The number of carbonyl (C=O) groups excluding carboxylic acids is 1. The van der Waals surface area contributed by atoms with Crippen LogP contribution in [0.2, 0.25) is 0 Å². The van der Waals surface area contributed by atoms with Gasteiger partial charge in [-0.15, -0.1) is 0 Å². The molecule has 1 unspecified atom stereocenters. The smallest absolute Gasteiger partial charge is 0.224 e.